The summed E-state index contributed by atoms with van der Waals surface area (Å²) in [6, 6.07) is 6.52. The molecule has 1 aliphatic rings. The van der Waals surface area contributed by atoms with Gasteiger partial charge in [-0.15, -0.1) is 22.7 Å². The standard InChI is InChI=1S/C15H18N2OS2/c1-11(13-3-2-7-19-13)16-9-15(18)17-6-4-14-12(10-17)5-8-20-14/h2-3,5,7-8,11,16H,4,6,9-10H2,1H3. The van der Waals surface area contributed by atoms with E-state index >= 15 is 0 Å². The zero-order valence-electron chi connectivity index (χ0n) is 11.5. The minimum atomic E-state index is 0.199. The molecule has 0 spiro atoms. The second-order valence-corrected chi connectivity index (χ2v) is 7.03. The van der Waals surface area contributed by atoms with Crippen molar-refractivity contribution in [2.24, 2.45) is 0 Å². The third kappa shape index (κ3) is 2.95. The molecule has 2 aromatic heterocycles. The number of carbonyl (C=O) groups excluding carboxylic acids is 1. The molecule has 3 heterocycles. The van der Waals surface area contributed by atoms with Gasteiger partial charge in [0.05, 0.1) is 6.54 Å². The van der Waals surface area contributed by atoms with Crippen LogP contribution >= 0.6 is 22.7 Å². The summed E-state index contributed by atoms with van der Waals surface area (Å²) in [7, 11) is 0. The van der Waals surface area contributed by atoms with Gasteiger partial charge in [-0.3, -0.25) is 4.79 Å². The van der Waals surface area contributed by atoms with Crippen molar-refractivity contribution >= 4 is 28.6 Å². The lowest BCUT2D eigenvalue weighted by molar-refractivity contribution is -0.131. The predicted octanol–water partition coefficient (Wildman–Crippen LogP) is 3.05. The molecule has 0 fully saturated rings. The minimum Gasteiger partial charge on any atom is -0.337 e. The van der Waals surface area contributed by atoms with Crippen molar-refractivity contribution < 1.29 is 4.79 Å². The number of rotatable bonds is 4. The van der Waals surface area contributed by atoms with Gasteiger partial charge in [0.25, 0.3) is 0 Å². The Morgan fingerprint density at radius 2 is 2.30 bits per heavy atom. The second-order valence-electron chi connectivity index (χ2n) is 5.05. The number of hydrogen-bond acceptors (Lipinski definition) is 4. The normalized spacial score (nSPS) is 15.9. The van der Waals surface area contributed by atoms with Crippen molar-refractivity contribution in [2.45, 2.75) is 25.9 Å². The van der Waals surface area contributed by atoms with E-state index in [1.807, 2.05) is 11.0 Å². The first kappa shape index (κ1) is 13.8. The average molecular weight is 306 g/mol. The number of carbonyl (C=O) groups is 1. The summed E-state index contributed by atoms with van der Waals surface area (Å²) >= 11 is 3.53. The van der Waals surface area contributed by atoms with E-state index in [-0.39, 0.29) is 11.9 Å². The molecule has 1 atom stereocenters. The molecule has 106 valence electrons. The van der Waals surface area contributed by atoms with Crippen molar-refractivity contribution in [3.05, 3.63) is 44.3 Å². The topological polar surface area (TPSA) is 32.3 Å². The van der Waals surface area contributed by atoms with Gasteiger partial charge in [-0.1, -0.05) is 6.07 Å². The molecule has 0 radical (unpaired) electrons. The molecule has 0 saturated heterocycles. The van der Waals surface area contributed by atoms with Gasteiger partial charge in [-0.2, -0.15) is 0 Å². The van der Waals surface area contributed by atoms with Crippen LogP contribution in [0.1, 0.15) is 28.3 Å². The Labute approximate surface area is 127 Å². The highest BCUT2D eigenvalue weighted by atomic mass is 32.1. The van der Waals surface area contributed by atoms with Gasteiger partial charge < -0.3 is 10.2 Å². The zero-order valence-corrected chi connectivity index (χ0v) is 13.1. The van der Waals surface area contributed by atoms with Crippen LogP contribution in [-0.2, 0) is 17.8 Å². The lowest BCUT2D eigenvalue weighted by Crippen LogP contribution is -2.41. The molecule has 0 aliphatic carbocycles. The van der Waals surface area contributed by atoms with E-state index < -0.39 is 0 Å². The van der Waals surface area contributed by atoms with Crippen LogP contribution in [0.3, 0.4) is 0 Å². The maximum Gasteiger partial charge on any atom is 0.236 e. The van der Waals surface area contributed by atoms with Gasteiger partial charge in [0.15, 0.2) is 0 Å². The number of fused-ring (bicyclic) bond motifs is 1. The molecule has 1 unspecified atom stereocenters. The third-order valence-electron chi connectivity index (χ3n) is 3.69. The molecular formula is C15H18N2OS2. The molecule has 3 nitrogen and oxygen atoms in total. The quantitative estimate of drug-likeness (QED) is 0.941. The Kier molecular flexibility index (Phi) is 4.19. The molecular weight excluding hydrogens is 288 g/mol. The largest absolute Gasteiger partial charge is 0.337 e. The molecule has 3 rings (SSSR count). The summed E-state index contributed by atoms with van der Waals surface area (Å²) in [5, 5.41) is 7.51. The predicted molar refractivity (Wildman–Crippen MR) is 84.2 cm³/mol. The summed E-state index contributed by atoms with van der Waals surface area (Å²) < 4.78 is 0. The fourth-order valence-electron chi connectivity index (χ4n) is 2.45. The van der Waals surface area contributed by atoms with E-state index in [9.17, 15) is 4.79 Å². The Balaban J connectivity index is 1.53. The third-order valence-corrected chi connectivity index (χ3v) is 5.77. The van der Waals surface area contributed by atoms with Crippen LogP contribution in [0.15, 0.2) is 29.0 Å². The number of nitrogens with one attached hydrogen (secondary N) is 1. The van der Waals surface area contributed by atoms with Gasteiger partial charge >= 0.3 is 0 Å². The van der Waals surface area contributed by atoms with Crippen molar-refractivity contribution in [1.29, 1.82) is 0 Å². The van der Waals surface area contributed by atoms with Crippen LogP contribution in [0.5, 0.6) is 0 Å². The minimum absolute atomic E-state index is 0.199. The molecule has 0 saturated carbocycles. The Bertz CT molecular complexity index is 576. The van der Waals surface area contributed by atoms with Gasteiger partial charge in [0.2, 0.25) is 5.91 Å². The van der Waals surface area contributed by atoms with Gasteiger partial charge in [0, 0.05) is 28.9 Å². The SMILES string of the molecule is CC(NCC(=O)N1CCc2sccc2C1)c1cccs1. The van der Waals surface area contributed by atoms with Gasteiger partial charge in [-0.05, 0) is 41.8 Å². The summed E-state index contributed by atoms with van der Waals surface area (Å²) in [5.41, 5.74) is 1.32. The zero-order chi connectivity index (χ0) is 13.9. The Hall–Kier alpha value is -1.17. The van der Waals surface area contributed by atoms with E-state index in [2.05, 4.69) is 35.1 Å². The molecule has 20 heavy (non-hydrogen) atoms. The fraction of sp³-hybridized carbons (Fsp3) is 0.400. The first-order valence-corrected chi connectivity index (χ1v) is 8.60. The van der Waals surface area contributed by atoms with Crippen molar-refractivity contribution in [2.75, 3.05) is 13.1 Å². The number of thiophene rings is 2. The number of hydrogen-bond donors (Lipinski definition) is 1. The Morgan fingerprint density at radius 3 is 3.10 bits per heavy atom. The number of nitrogens with zero attached hydrogens (tertiary/aromatic N) is 1. The Morgan fingerprint density at radius 1 is 1.40 bits per heavy atom. The van der Waals surface area contributed by atoms with Crippen LogP contribution in [-0.4, -0.2) is 23.9 Å². The molecule has 0 bridgehead atoms. The first-order chi connectivity index (χ1) is 9.74. The van der Waals surface area contributed by atoms with Crippen LogP contribution in [0.4, 0.5) is 0 Å². The van der Waals surface area contributed by atoms with Crippen LogP contribution < -0.4 is 5.32 Å². The molecule has 1 aliphatic heterocycles. The maximum atomic E-state index is 12.3. The van der Waals surface area contributed by atoms with Crippen molar-refractivity contribution in [3.63, 3.8) is 0 Å². The molecule has 2 aromatic rings. The second kappa shape index (κ2) is 6.08. The summed E-state index contributed by atoms with van der Waals surface area (Å²) in [6.45, 7) is 4.14. The molecule has 1 N–H and O–H groups in total. The maximum absolute atomic E-state index is 12.3. The van der Waals surface area contributed by atoms with E-state index in [1.165, 1.54) is 15.3 Å². The highest BCUT2D eigenvalue weighted by Gasteiger charge is 2.21. The average Bonchev–Trinajstić information content (AvgIpc) is 3.13. The summed E-state index contributed by atoms with van der Waals surface area (Å²) in [6.07, 6.45) is 0.999. The fourth-order valence-corrected chi connectivity index (χ4v) is 4.10. The van der Waals surface area contributed by atoms with Crippen LogP contribution in [0.2, 0.25) is 0 Å². The highest BCUT2D eigenvalue weighted by Crippen LogP contribution is 2.24. The highest BCUT2D eigenvalue weighted by molar-refractivity contribution is 7.10. The smallest absolute Gasteiger partial charge is 0.236 e. The van der Waals surface area contributed by atoms with E-state index in [1.54, 1.807) is 22.7 Å². The molecule has 0 aromatic carbocycles. The van der Waals surface area contributed by atoms with E-state index in [0.29, 0.717) is 6.54 Å². The molecule has 5 heteroatoms. The monoisotopic (exact) mass is 306 g/mol. The van der Waals surface area contributed by atoms with E-state index in [0.717, 1.165) is 19.5 Å². The number of amides is 1. The van der Waals surface area contributed by atoms with Gasteiger partial charge in [-0.25, -0.2) is 0 Å². The van der Waals surface area contributed by atoms with Crippen molar-refractivity contribution in [3.8, 4) is 0 Å². The molecule has 1 amide bonds. The summed E-state index contributed by atoms with van der Waals surface area (Å²) in [5.74, 6) is 0.199. The first-order valence-electron chi connectivity index (χ1n) is 6.84. The van der Waals surface area contributed by atoms with Crippen LogP contribution in [0.25, 0.3) is 0 Å². The van der Waals surface area contributed by atoms with Gasteiger partial charge in [0.1, 0.15) is 0 Å². The lowest BCUT2D eigenvalue weighted by Gasteiger charge is -2.27. The lowest BCUT2D eigenvalue weighted by atomic mass is 10.1. The van der Waals surface area contributed by atoms with E-state index in [4.69, 9.17) is 0 Å². The van der Waals surface area contributed by atoms with Crippen LogP contribution in [0, 0.1) is 0 Å². The summed E-state index contributed by atoms with van der Waals surface area (Å²) in [4.78, 5) is 16.9. The van der Waals surface area contributed by atoms with Crippen molar-refractivity contribution in [1.82, 2.24) is 10.2 Å².